The van der Waals surface area contributed by atoms with E-state index in [1.165, 1.54) is 23.6 Å². The number of thiophene rings is 1. The number of amides is 1. The molecule has 2 bridgehead atoms. The number of benzene rings is 2. The van der Waals surface area contributed by atoms with Gasteiger partial charge in [0.1, 0.15) is 12.0 Å². The molecule has 3 aliphatic heterocycles. The summed E-state index contributed by atoms with van der Waals surface area (Å²) in [6.45, 7) is 0. The van der Waals surface area contributed by atoms with Crippen LogP contribution in [-0.2, 0) is 12.3 Å². The fourth-order valence-electron chi connectivity index (χ4n) is 8.35. The summed E-state index contributed by atoms with van der Waals surface area (Å²) >= 11 is 1.38. The summed E-state index contributed by atoms with van der Waals surface area (Å²) in [7, 11) is 0. The van der Waals surface area contributed by atoms with E-state index in [0.717, 1.165) is 47.8 Å². The fourth-order valence-corrected chi connectivity index (χ4v) is 9.48. The van der Waals surface area contributed by atoms with Crippen molar-refractivity contribution in [2.75, 3.05) is 5.01 Å². The van der Waals surface area contributed by atoms with Gasteiger partial charge in [-0.3, -0.25) is 19.3 Å². The van der Waals surface area contributed by atoms with E-state index in [1.807, 2.05) is 29.3 Å². The Bertz CT molecular complexity index is 1930. The van der Waals surface area contributed by atoms with Crippen LogP contribution in [0.4, 0.5) is 13.2 Å². The minimum absolute atomic E-state index is 0.0702. The maximum atomic E-state index is 15.8. The van der Waals surface area contributed by atoms with Crippen LogP contribution in [-0.4, -0.2) is 32.8 Å². The van der Waals surface area contributed by atoms with Crippen LogP contribution in [0, 0.1) is 11.7 Å². The normalized spacial score (nSPS) is 25.8. The third-order valence-corrected chi connectivity index (χ3v) is 11.1. The number of hydrogen-bond acceptors (Lipinski definition) is 5. The molecule has 1 amide bonds. The van der Waals surface area contributed by atoms with Gasteiger partial charge in [0.25, 0.3) is 11.8 Å². The molecular formula is C32H24F3N3O3S. The average Bonchev–Trinajstić information content (AvgIpc) is 3.35. The molecule has 2 aromatic carbocycles. The zero-order valence-electron chi connectivity index (χ0n) is 22.2. The van der Waals surface area contributed by atoms with Gasteiger partial charge >= 0.3 is 0 Å². The van der Waals surface area contributed by atoms with Crippen LogP contribution in [0.2, 0.25) is 0 Å². The second kappa shape index (κ2) is 8.06. The number of aromatic nitrogens is 1. The van der Waals surface area contributed by atoms with Crippen molar-refractivity contribution < 1.29 is 23.1 Å². The highest BCUT2D eigenvalue weighted by atomic mass is 32.1. The number of piperidine rings is 2. The van der Waals surface area contributed by atoms with Crippen LogP contribution in [0.25, 0.3) is 21.6 Å². The highest BCUT2D eigenvalue weighted by Crippen LogP contribution is 2.59. The highest BCUT2D eigenvalue weighted by Gasteiger charge is 2.55. The van der Waals surface area contributed by atoms with E-state index in [1.54, 1.807) is 21.0 Å². The summed E-state index contributed by atoms with van der Waals surface area (Å²) in [6.07, 6.45) is 3.89. The molecule has 3 fully saturated rings. The molecule has 4 aromatic rings. The van der Waals surface area contributed by atoms with Gasteiger partial charge in [-0.05, 0) is 65.3 Å². The van der Waals surface area contributed by atoms with Crippen molar-refractivity contribution >= 4 is 17.2 Å². The average molecular weight is 588 g/mol. The molecule has 10 heteroatoms. The van der Waals surface area contributed by atoms with Gasteiger partial charge in [0.2, 0.25) is 5.43 Å². The standard InChI is InChI=1S/C32H24F3N3O3S/c33-21-10-9-20-24-23-16(13-32(34,35)25(21)24)14-42-29(23)19-4-2-1-3-18(19)26(20)38-30-15-5-7-17(8-6-15)37(30)31(41)27-28(40)22(39)11-12-36(27)38/h1-4,9-12,14-15,17,26,30,40H,5-8,13H2/t15?,17?,26-,30?/m1/s1. The van der Waals surface area contributed by atoms with Gasteiger partial charge in [-0.2, -0.15) is 0 Å². The second-order valence-electron chi connectivity index (χ2n) is 12.0. The largest absolute Gasteiger partial charge is 0.502 e. The number of halogens is 3. The van der Waals surface area contributed by atoms with Crippen molar-refractivity contribution in [3.05, 3.63) is 98.0 Å². The van der Waals surface area contributed by atoms with Crippen molar-refractivity contribution in [3.8, 4) is 27.3 Å². The van der Waals surface area contributed by atoms with Gasteiger partial charge in [0.05, 0.1) is 11.6 Å². The van der Waals surface area contributed by atoms with Crippen LogP contribution in [0.5, 0.6) is 5.75 Å². The number of aromatic hydroxyl groups is 1. The van der Waals surface area contributed by atoms with E-state index < -0.39 is 53.0 Å². The van der Waals surface area contributed by atoms with Gasteiger partial charge < -0.3 is 10.0 Å². The number of pyridine rings is 1. The van der Waals surface area contributed by atoms with Gasteiger partial charge in [-0.15, -0.1) is 11.3 Å². The fraction of sp³-hybridized carbons (Fsp3) is 0.312. The third-order valence-electron chi connectivity index (χ3n) is 9.99. The number of carbonyl (C=O) groups excluding carboxylic acids is 1. The quantitative estimate of drug-likeness (QED) is 0.291. The molecule has 2 saturated heterocycles. The first-order valence-corrected chi connectivity index (χ1v) is 15.1. The Morgan fingerprint density at radius 2 is 1.74 bits per heavy atom. The zero-order valence-corrected chi connectivity index (χ0v) is 23.0. The number of alkyl halides is 2. The minimum atomic E-state index is -3.41. The molecule has 0 spiro atoms. The number of rotatable bonds is 1. The Morgan fingerprint density at radius 3 is 2.55 bits per heavy atom. The number of nitrogens with zero attached hydrogens (tertiary/aromatic N) is 3. The molecule has 5 heterocycles. The molecule has 2 aromatic heterocycles. The molecule has 6 nitrogen and oxygen atoms in total. The summed E-state index contributed by atoms with van der Waals surface area (Å²) in [5.74, 6) is -5.30. The number of carbonyl (C=O) groups is 1. The molecule has 0 radical (unpaired) electrons. The van der Waals surface area contributed by atoms with E-state index in [0.29, 0.717) is 16.7 Å². The SMILES string of the molecule is O=C1c2c(O)c(=O)ccn2N([C@@H]2c3ccccc3-c3scc4c3-c3c2ccc(F)c3C(F)(F)C4)C2C3CCC(CC3)N12. The van der Waals surface area contributed by atoms with Crippen molar-refractivity contribution in [3.63, 3.8) is 0 Å². The topological polar surface area (TPSA) is 65.8 Å². The lowest BCUT2D eigenvalue weighted by Crippen LogP contribution is -2.70. The van der Waals surface area contributed by atoms with E-state index in [2.05, 4.69) is 0 Å². The lowest BCUT2D eigenvalue weighted by atomic mass is 9.75. The number of hydrogen-bond donors (Lipinski definition) is 1. The summed E-state index contributed by atoms with van der Waals surface area (Å²) in [4.78, 5) is 29.2. The van der Waals surface area contributed by atoms with Crippen molar-refractivity contribution in [1.82, 2.24) is 9.58 Å². The molecule has 1 unspecified atom stereocenters. The van der Waals surface area contributed by atoms with E-state index >= 15 is 13.2 Å². The predicted octanol–water partition coefficient (Wildman–Crippen LogP) is 6.13. The third kappa shape index (κ3) is 2.90. The molecule has 42 heavy (non-hydrogen) atoms. The summed E-state index contributed by atoms with van der Waals surface area (Å²) in [6, 6.07) is 10.9. The van der Waals surface area contributed by atoms with Crippen LogP contribution in [0.15, 0.2) is 58.8 Å². The first-order chi connectivity index (χ1) is 20.3. The van der Waals surface area contributed by atoms with E-state index in [4.69, 9.17) is 0 Å². The Labute approximate surface area is 242 Å². The van der Waals surface area contributed by atoms with Crippen molar-refractivity contribution in [2.45, 2.75) is 56.3 Å². The molecule has 3 aliphatic carbocycles. The Hall–Kier alpha value is -4.05. The van der Waals surface area contributed by atoms with Crippen LogP contribution >= 0.6 is 11.3 Å². The smallest absolute Gasteiger partial charge is 0.280 e. The van der Waals surface area contributed by atoms with Gasteiger partial charge in [-0.1, -0.05) is 30.3 Å². The van der Waals surface area contributed by atoms with Crippen LogP contribution < -0.4 is 10.4 Å². The Balaban J connectivity index is 1.42. The van der Waals surface area contributed by atoms with Crippen LogP contribution in [0.3, 0.4) is 0 Å². The lowest BCUT2D eigenvalue weighted by Gasteiger charge is -2.59. The van der Waals surface area contributed by atoms with Gasteiger partial charge in [0, 0.05) is 40.7 Å². The molecule has 2 atom stereocenters. The lowest BCUT2D eigenvalue weighted by molar-refractivity contribution is -0.0247. The van der Waals surface area contributed by atoms with Gasteiger partial charge in [0.15, 0.2) is 11.4 Å². The van der Waals surface area contributed by atoms with Crippen LogP contribution in [0.1, 0.15) is 64.5 Å². The summed E-state index contributed by atoms with van der Waals surface area (Å²) in [5.41, 5.74) is 2.14. The minimum Gasteiger partial charge on any atom is -0.502 e. The van der Waals surface area contributed by atoms with Crippen molar-refractivity contribution in [2.24, 2.45) is 5.92 Å². The summed E-state index contributed by atoms with van der Waals surface area (Å²) < 4.78 is 48.6. The van der Waals surface area contributed by atoms with Gasteiger partial charge in [-0.25, -0.2) is 13.2 Å². The maximum Gasteiger partial charge on any atom is 0.280 e. The molecule has 10 rings (SSSR count). The maximum absolute atomic E-state index is 15.8. The van der Waals surface area contributed by atoms with E-state index in [9.17, 15) is 14.7 Å². The first-order valence-electron chi connectivity index (χ1n) is 14.2. The van der Waals surface area contributed by atoms with Crippen molar-refractivity contribution in [1.29, 1.82) is 0 Å². The molecule has 212 valence electrons. The predicted molar refractivity (Wildman–Crippen MR) is 151 cm³/mol. The van der Waals surface area contributed by atoms with E-state index in [-0.39, 0.29) is 23.2 Å². The Morgan fingerprint density at radius 1 is 0.952 bits per heavy atom. The zero-order chi connectivity index (χ0) is 28.7. The molecule has 1 N–H and O–H groups in total. The molecule has 6 aliphatic rings. The Kier molecular flexibility index (Phi) is 4.71. The second-order valence-corrected chi connectivity index (χ2v) is 12.9. The molecule has 1 saturated carbocycles. The monoisotopic (exact) mass is 587 g/mol. The molecular weight excluding hydrogens is 563 g/mol. The highest BCUT2D eigenvalue weighted by molar-refractivity contribution is 7.14. The summed E-state index contributed by atoms with van der Waals surface area (Å²) in [5, 5.41) is 14.7. The number of fused-ring (bicyclic) bond motifs is 5. The first kappa shape index (κ1) is 24.5.